The molecule has 1 aliphatic heterocycles. The monoisotopic (exact) mass is 571 g/mol. The molecule has 0 spiro atoms. The second-order valence-corrected chi connectivity index (χ2v) is 9.18. The van der Waals surface area contributed by atoms with Gasteiger partial charge < -0.3 is 9.47 Å². The highest BCUT2D eigenvalue weighted by molar-refractivity contribution is 7.80. The van der Waals surface area contributed by atoms with Gasteiger partial charge in [-0.2, -0.15) is 0 Å². The summed E-state index contributed by atoms with van der Waals surface area (Å²) >= 11 is 11.4. The topological polar surface area (TPSA) is 111 Å². The van der Waals surface area contributed by atoms with E-state index >= 15 is 0 Å². The van der Waals surface area contributed by atoms with Crippen molar-refractivity contribution in [1.29, 1.82) is 0 Å². The van der Waals surface area contributed by atoms with E-state index in [9.17, 15) is 19.7 Å². The van der Waals surface area contributed by atoms with Crippen LogP contribution in [0.15, 0.2) is 103 Å². The molecule has 4 aromatic carbocycles. The molecular formula is C29H18ClN3O6S. The van der Waals surface area contributed by atoms with Crippen LogP contribution in [0.4, 0.5) is 11.4 Å². The number of para-hydroxylation sites is 2. The standard InChI is InChI=1S/C29H18ClN3O6S/c30-23-8-4-5-9-25(23)39-26-15-10-18(17-24(26)33(36)37)16-22-27(34)31-29(40)32(28(22)35)19-11-13-21(14-12-19)38-20-6-2-1-3-7-20/h1-17H,(H,31,34,40). The number of benzene rings is 4. The Bertz CT molecular complexity index is 1680. The Morgan fingerprint density at radius 1 is 0.850 bits per heavy atom. The Hall–Kier alpha value is -5.06. The van der Waals surface area contributed by atoms with E-state index in [1.54, 1.807) is 48.5 Å². The van der Waals surface area contributed by atoms with Gasteiger partial charge in [0, 0.05) is 6.07 Å². The van der Waals surface area contributed by atoms with Gasteiger partial charge in [0.25, 0.3) is 11.8 Å². The number of ether oxygens (including phenoxy) is 2. The molecule has 1 fully saturated rings. The summed E-state index contributed by atoms with van der Waals surface area (Å²) in [5.41, 5.74) is -0.00142. The van der Waals surface area contributed by atoms with E-state index in [2.05, 4.69) is 5.32 Å². The first-order valence-electron chi connectivity index (χ1n) is 11.8. The van der Waals surface area contributed by atoms with Gasteiger partial charge in [0.1, 0.15) is 22.8 Å². The fourth-order valence-corrected chi connectivity index (χ4v) is 4.30. The molecule has 1 aliphatic rings. The summed E-state index contributed by atoms with van der Waals surface area (Å²) in [6.07, 6.45) is 1.26. The Morgan fingerprint density at radius 3 is 2.23 bits per heavy atom. The van der Waals surface area contributed by atoms with Crippen LogP contribution >= 0.6 is 23.8 Å². The molecule has 4 aromatic rings. The molecule has 2 amide bonds. The smallest absolute Gasteiger partial charge is 0.312 e. The molecule has 0 unspecified atom stereocenters. The van der Waals surface area contributed by atoms with Gasteiger partial charge in [0.15, 0.2) is 5.11 Å². The lowest BCUT2D eigenvalue weighted by molar-refractivity contribution is -0.385. The Balaban J connectivity index is 1.41. The number of rotatable bonds is 7. The number of carbonyl (C=O) groups excluding carboxylic acids is 2. The molecule has 1 heterocycles. The number of halogens is 1. The molecule has 1 N–H and O–H groups in total. The third kappa shape index (κ3) is 5.68. The van der Waals surface area contributed by atoms with Crippen LogP contribution in [0, 0.1) is 10.1 Å². The summed E-state index contributed by atoms with van der Waals surface area (Å²) in [7, 11) is 0. The van der Waals surface area contributed by atoms with Crippen molar-refractivity contribution in [2.24, 2.45) is 0 Å². The van der Waals surface area contributed by atoms with E-state index in [-0.39, 0.29) is 38.5 Å². The molecule has 1 saturated heterocycles. The number of anilines is 1. The highest BCUT2D eigenvalue weighted by Crippen LogP contribution is 2.36. The van der Waals surface area contributed by atoms with Gasteiger partial charge in [-0.15, -0.1) is 0 Å². The average molecular weight is 572 g/mol. The van der Waals surface area contributed by atoms with Crippen LogP contribution in [0.1, 0.15) is 5.56 Å². The Morgan fingerprint density at radius 2 is 1.52 bits per heavy atom. The van der Waals surface area contributed by atoms with Crippen LogP contribution in [0.25, 0.3) is 6.08 Å². The molecule has 9 nitrogen and oxygen atoms in total. The van der Waals surface area contributed by atoms with Crippen molar-refractivity contribution in [2.75, 3.05) is 4.90 Å². The minimum Gasteiger partial charge on any atom is -0.457 e. The summed E-state index contributed by atoms with van der Waals surface area (Å²) in [4.78, 5) is 38.4. The SMILES string of the molecule is O=C1NC(=S)N(c2ccc(Oc3ccccc3)cc2)C(=O)C1=Cc1ccc(Oc2ccccc2Cl)c([N+](=O)[O-])c1. The van der Waals surface area contributed by atoms with Crippen molar-refractivity contribution < 1.29 is 24.0 Å². The summed E-state index contributed by atoms with van der Waals surface area (Å²) in [5.74, 6) is -0.0464. The number of nitro benzene ring substituents is 1. The predicted molar refractivity (Wildman–Crippen MR) is 154 cm³/mol. The maximum atomic E-state index is 13.4. The van der Waals surface area contributed by atoms with Gasteiger partial charge in [-0.25, -0.2) is 0 Å². The third-order valence-corrected chi connectivity index (χ3v) is 6.32. The number of nitro groups is 1. The normalized spacial score (nSPS) is 14.2. The average Bonchev–Trinajstić information content (AvgIpc) is 2.94. The maximum Gasteiger partial charge on any atom is 0.312 e. The highest BCUT2D eigenvalue weighted by Gasteiger charge is 2.34. The fraction of sp³-hybridized carbons (Fsp3) is 0. The van der Waals surface area contributed by atoms with Crippen molar-refractivity contribution in [3.8, 4) is 23.0 Å². The van der Waals surface area contributed by atoms with E-state index < -0.39 is 16.7 Å². The second kappa shape index (κ2) is 11.4. The van der Waals surface area contributed by atoms with Crippen molar-refractivity contribution in [1.82, 2.24) is 5.32 Å². The van der Waals surface area contributed by atoms with Crippen LogP contribution in [0.2, 0.25) is 5.02 Å². The van der Waals surface area contributed by atoms with E-state index in [0.717, 1.165) is 4.90 Å². The zero-order chi connectivity index (χ0) is 28.2. The van der Waals surface area contributed by atoms with Crippen LogP contribution in [-0.4, -0.2) is 21.9 Å². The third-order valence-electron chi connectivity index (χ3n) is 5.72. The molecule has 0 saturated carbocycles. The molecular weight excluding hydrogens is 554 g/mol. The lowest BCUT2D eigenvalue weighted by Crippen LogP contribution is -2.54. The molecule has 5 rings (SSSR count). The van der Waals surface area contributed by atoms with Crippen LogP contribution < -0.4 is 19.7 Å². The molecule has 40 heavy (non-hydrogen) atoms. The van der Waals surface area contributed by atoms with E-state index in [1.807, 2.05) is 30.3 Å². The quantitative estimate of drug-likeness (QED) is 0.0867. The first kappa shape index (κ1) is 26.5. The van der Waals surface area contributed by atoms with Gasteiger partial charge in [0.05, 0.1) is 15.6 Å². The van der Waals surface area contributed by atoms with Crippen LogP contribution in [-0.2, 0) is 9.59 Å². The van der Waals surface area contributed by atoms with E-state index in [0.29, 0.717) is 17.2 Å². The number of thiocarbonyl (C=S) groups is 1. The van der Waals surface area contributed by atoms with Gasteiger partial charge in [-0.05, 0) is 78.5 Å². The van der Waals surface area contributed by atoms with Crippen molar-refractivity contribution in [2.45, 2.75) is 0 Å². The Kier molecular flexibility index (Phi) is 7.54. The molecule has 0 atom stereocenters. The van der Waals surface area contributed by atoms with Gasteiger partial charge in [-0.1, -0.05) is 48.0 Å². The Labute approximate surface area is 238 Å². The minimum absolute atomic E-state index is 0.0553. The number of hydrogen-bond acceptors (Lipinski definition) is 7. The first-order chi connectivity index (χ1) is 19.3. The molecule has 198 valence electrons. The molecule has 0 aromatic heterocycles. The van der Waals surface area contributed by atoms with Crippen LogP contribution in [0.5, 0.6) is 23.0 Å². The summed E-state index contributed by atoms with van der Waals surface area (Å²) in [6, 6.07) is 26.4. The second-order valence-electron chi connectivity index (χ2n) is 8.38. The number of amides is 2. The van der Waals surface area contributed by atoms with Gasteiger partial charge in [-0.3, -0.25) is 29.9 Å². The fourth-order valence-electron chi connectivity index (χ4n) is 3.85. The van der Waals surface area contributed by atoms with Crippen molar-refractivity contribution in [3.05, 3.63) is 123 Å². The number of carbonyl (C=O) groups is 2. The van der Waals surface area contributed by atoms with Gasteiger partial charge >= 0.3 is 5.69 Å². The maximum absolute atomic E-state index is 13.4. The number of nitrogens with one attached hydrogen (secondary N) is 1. The zero-order valence-electron chi connectivity index (χ0n) is 20.4. The van der Waals surface area contributed by atoms with E-state index in [1.165, 1.54) is 24.3 Å². The van der Waals surface area contributed by atoms with Crippen LogP contribution in [0.3, 0.4) is 0 Å². The lowest BCUT2D eigenvalue weighted by Gasteiger charge is -2.29. The number of nitrogens with zero attached hydrogens (tertiary/aromatic N) is 2. The van der Waals surface area contributed by atoms with E-state index in [4.69, 9.17) is 33.3 Å². The highest BCUT2D eigenvalue weighted by atomic mass is 35.5. The largest absolute Gasteiger partial charge is 0.457 e. The first-order valence-corrected chi connectivity index (χ1v) is 12.5. The predicted octanol–water partition coefficient (Wildman–Crippen LogP) is 6.66. The van der Waals surface area contributed by atoms with Crippen molar-refractivity contribution in [3.63, 3.8) is 0 Å². The number of hydrogen-bond donors (Lipinski definition) is 1. The summed E-state index contributed by atoms with van der Waals surface area (Å²) in [5, 5.41) is 14.5. The summed E-state index contributed by atoms with van der Waals surface area (Å²) < 4.78 is 11.4. The molecule has 11 heteroatoms. The lowest BCUT2D eigenvalue weighted by atomic mass is 10.1. The minimum atomic E-state index is -0.727. The van der Waals surface area contributed by atoms with Crippen molar-refractivity contribution >= 4 is 58.2 Å². The molecule has 0 bridgehead atoms. The molecule has 0 aliphatic carbocycles. The molecule has 0 radical (unpaired) electrons. The summed E-state index contributed by atoms with van der Waals surface area (Å²) in [6.45, 7) is 0. The zero-order valence-corrected chi connectivity index (χ0v) is 22.0. The van der Waals surface area contributed by atoms with Gasteiger partial charge in [0.2, 0.25) is 5.75 Å².